The van der Waals surface area contributed by atoms with Crippen LogP contribution in [-0.4, -0.2) is 12.6 Å². The fourth-order valence-corrected chi connectivity index (χ4v) is 2.53. The normalized spacial score (nSPS) is 25.5. The molecule has 1 nitrogen and oxygen atoms in total. The van der Waals surface area contributed by atoms with Crippen LogP contribution in [0.2, 0.25) is 0 Å². The van der Waals surface area contributed by atoms with Crippen molar-refractivity contribution in [2.24, 2.45) is 5.41 Å². The average molecular weight is 197 g/mol. The van der Waals surface area contributed by atoms with Gasteiger partial charge in [-0.25, -0.2) is 0 Å². The topological polar surface area (TPSA) is 12.0 Å². The number of unbranched alkanes of at least 4 members (excludes halogenated alkanes) is 3. The minimum Gasteiger partial charge on any atom is -0.313 e. The zero-order valence-corrected chi connectivity index (χ0v) is 10.2. The molecule has 1 atom stereocenters. The summed E-state index contributed by atoms with van der Waals surface area (Å²) in [5, 5.41) is 3.73. The minimum absolute atomic E-state index is 0.546. The first-order valence-corrected chi connectivity index (χ1v) is 6.40. The van der Waals surface area contributed by atoms with Crippen molar-refractivity contribution in [2.75, 3.05) is 6.54 Å². The summed E-state index contributed by atoms with van der Waals surface area (Å²) in [6, 6.07) is 0.782. The zero-order chi connectivity index (χ0) is 10.4. The molecular weight excluding hydrogens is 170 g/mol. The van der Waals surface area contributed by atoms with Crippen molar-refractivity contribution in [3.8, 4) is 0 Å². The van der Waals surface area contributed by atoms with Gasteiger partial charge < -0.3 is 5.32 Å². The molecule has 0 aromatic heterocycles. The number of rotatable bonds is 6. The Morgan fingerprint density at radius 2 is 2.00 bits per heavy atom. The standard InChI is InChI=1S/C13H27N/c1-4-5-6-7-11-14-12-9-8-10-13(12,2)3/h12,14H,4-11H2,1-3H3. The lowest BCUT2D eigenvalue weighted by Crippen LogP contribution is -2.38. The van der Waals surface area contributed by atoms with E-state index in [1.54, 1.807) is 0 Å². The van der Waals surface area contributed by atoms with Crippen LogP contribution in [0.5, 0.6) is 0 Å². The van der Waals surface area contributed by atoms with Crippen LogP contribution in [0.25, 0.3) is 0 Å². The molecule has 1 saturated carbocycles. The van der Waals surface area contributed by atoms with E-state index in [0.717, 1.165) is 6.04 Å². The molecule has 1 aliphatic carbocycles. The molecule has 0 saturated heterocycles. The van der Waals surface area contributed by atoms with E-state index in [-0.39, 0.29) is 0 Å². The van der Waals surface area contributed by atoms with Gasteiger partial charge in [0.2, 0.25) is 0 Å². The molecule has 0 aromatic rings. The highest BCUT2D eigenvalue weighted by Crippen LogP contribution is 2.37. The predicted molar refractivity (Wildman–Crippen MR) is 63.6 cm³/mol. The first kappa shape index (κ1) is 12.0. The zero-order valence-electron chi connectivity index (χ0n) is 10.2. The van der Waals surface area contributed by atoms with Crippen LogP contribution in [0.4, 0.5) is 0 Å². The van der Waals surface area contributed by atoms with Crippen molar-refractivity contribution < 1.29 is 0 Å². The second kappa shape index (κ2) is 5.75. The molecular formula is C13H27N. The summed E-state index contributed by atoms with van der Waals surface area (Å²) in [7, 11) is 0. The fraction of sp³-hybridized carbons (Fsp3) is 1.00. The Balaban J connectivity index is 2.06. The first-order valence-electron chi connectivity index (χ1n) is 6.40. The molecule has 0 radical (unpaired) electrons. The third kappa shape index (κ3) is 3.61. The Bertz CT molecular complexity index is 151. The molecule has 84 valence electrons. The number of nitrogens with one attached hydrogen (secondary N) is 1. The summed E-state index contributed by atoms with van der Waals surface area (Å²) >= 11 is 0. The van der Waals surface area contributed by atoms with Gasteiger partial charge in [0, 0.05) is 6.04 Å². The Morgan fingerprint density at radius 3 is 2.57 bits per heavy atom. The van der Waals surface area contributed by atoms with Crippen molar-refractivity contribution in [3.05, 3.63) is 0 Å². The highest BCUT2D eigenvalue weighted by atomic mass is 14.9. The maximum atomic E-state index is 3.73. The highest BCUT2D eigenvalue weighted by molar-refractivity contribution is 4.89. The SMILES string of the molecule is CCCCCCNC1CCCC1(C)C. The van der Waals surface area contributed by atoms with E-state index in [1.165, 1.54) is 51.5 Å². The van der Waals surface area contributed by atoms with E-state index >= 15 is 0 Å². The van der Waals surface area contributed by atoms with Gasteiger partial charge in [0.15, 0.2) is 0 Å². The Hall–Kier alpha value is -0.0400. The van der Waals surface area contributed by atoms with E-state index in [4.69, 9.17) is 0 Å². The molecule has 0 bridgehead atoms. The maximum Gasteiger partial charge on any atom is 0.0118 e. The van der Waals surface area contributed by atoms with Crippen LogP contribution >= 0.6 is 0 Å². The lowest BCUT2D eigenvalue weighted by atomic mass is 9.87. The van der Waals surface area contributed by atoms with E-state index in [1.807, 2.05) is 0 Å². The molecule has 1 aliphatic rings. The molecule has 0 spiro atoms. The number of hydrogen-bond donors (Lipinski definition) is 1. The van der Waals surface area contributed by atoms with Gasteiger partial charge in [0.05, 0.1) is 0 Å². The molecule has 0 amide bonds. The summed E-state index contributed by atoms with van der Waals surface area (Å²) < 4.78 is 0. The monoisotopic (exact) mass is 197 g/mol. The minimum atomic E-state index is 0.546. The van der Waals surface area contributed by atoms with E-state index in [0.29, 0.717) is 5.41 Å². The highest BCUT2D eigenvalue weighted by Gasteiger charge is 2.33. The molecule has 1 unspecified atom stereocenters. The smallest absolute Gasteiger partial charge is 0.0118 e. The quantitative estimate of drug-likeness (QED) is 0.640. The van der Waals surface area contributed by atoms with Crippen LogP contribution in [0.15, 0.2) is 0 Å². The van der Waals surface area contributed by atoms with Crippen LogP contribution in [0.3, 0.4) is 0 Å². The summed E-state index contributed by atoms with van der Waals surface area (Å²) in [5.74, 6) is 0. The maximum absolute atomic E-state index is 3.73. The molecule has 0 heterocycles. The third-order valence-corrected chi connectivity index (χ3v) is 3.68. The van der Waals surface area contributed by atoms with Crippen molar-refractivity contribution in [1.82, 2.24) is 5.32 Å². The Labute approximate surface area is 89.7 Å². The lowest BCUT2D eigenvalue weighted by molar-refractivity contribution is 0.283. The van der Waals surface area contributed by atoms with Gasteiger partial charge in [-0.05, 0) is 31.2 Å². The first-order chi connectivity index (χ1) is 6.67. The molecule has 1 N–H and O–H groups in total. The van der Waals surface area contributed by atoms with E-state index < -0.39 is 0 Å². The van der Waals surface area contributed by atoms with Crippen molar-refractivity contribution in [2.45, 2.75) is 71.8 Å². The molecule has 0 aromatic carbocycles. The molecule has 1 heteroatoms. The average Bonchev–Trinajstić information content (AvgIpc) is 2.45. The van der Waals surface area contributed by atoms with E-state index in [2.05, 4.69) is 26.1 Å². The lowest BCUT2D eigenvalue weighted by Gasteiger charge is -2.28. The second-order valence-corrected chi connectivity index (χ2v) is 5.45. The van der Waals surface area contributed by atoms with Crippen LogP contribution < -0.4 is 5.32 Å². The molecule has 1 rings (SSSR count). The van der Waals surface area contributed by atoms with E-state index in [9.17, 15) is 0 Å². The van der Waals surface area contributed by atoms with Crippen LogP contribution in [0.1, 0.15) is 65.7 Å². The summed E-state index contributed by atoms with van der Waals surface area (Å²) in [6.45, 7) is 8.31. The van der Waals surface area contributed by atoms with Crippen molar-refractivity contribution in [3.63, 3.8) is 0 Å². The van der Waals surface area contributed by atoms with Crippen LogP contribution in [-0.2, 0) is 0 Å². The summed E-state index contributed by atoms with van der Waals surface area (Å²) in [6.07, 6.45) is 9.71. The molecule has 0 aliphatic heterocycles. The molecule has 14 heavy (non-hydrogen) atoms. The Morgan fingerprint density at radius 1 is 1.21 bits per heavy atom. The largest absolute Gasteiger partial charge is 0.313 e. The Kier molecular flexibility index (Phi) is 4.94. The van der Waals surface area contributed by atoms with Crippen molar-refractivity contribution >= 4 is 0 Å². The number of hydrogen-bond acceptors (Lipinski definition) is 1. The summed E-state index contributed by atoms with van der Waals surface area (Å²) in [5.41, 5.74) is 0.546. The van der Waals surface area contributed by atoms with Gasteiger partial charge in [-0.15, -0.1) is 0 Å². The summed E-state index contributed by atoms with van der Waals surface area (Å²) in [4.78, 5) is 0. The van der Waals surface area contributed by atoms with Gasteiger partial charge in [0.1, 0.15) is 0 Å². The van der Waals surface area contributed by atoms with Gasteiger partial charge in [-0.1, -0.05) is 46.5 Å². The fourth-order valence-electron chi connectivity index (χ4n) is 2.53. The van der Waals surface area contributed by atoms with Crippen molar-refractivity contribution in [1.29, 1.82) is 0 Å². The predicted octanol–water partition coefficient (Wildman–Crippen LogP) is 3.74. The van der Waals surface area contributed by atoms with Gasteiger partial charge in [-0.3, -0.25) is 0 Å². The second-order valence-electron chi connectivity index (χ2n) is 5.45. The van der Waals surface area contributed by atoms with Gasteiger partial charge in [-0.2, -0.15) is 0 Å². The third-order valence-electron chi connectivity index (χ3n) is 3.68. The van der Waals surface area contributed by atoms with Crippen LogP contribution in [0, 0.1) is 5.41 Å². The van der Waals surface area contributed by atoms with Gasteiger partial charge in [0.25, 0.3) is 0 Å². The van der Waals surface area contributed by atoms with Gasteiger partial charge >= 0.3 is 0 Å². The molecule has 1 fully saturated rings.